The molecule has 0 aliphatic heterocycles. The van der Waals surface area contributed by atoms with E-state index in [1.807, 2.05) is 35.1 Å². The average molecular weight is 547 g/mol. The van der Waals surface area contributed by atoms with Gasteiger partial charge in [-0.15, -0.1) is 0 Å². The Kier molecular flexibility index (Phi) is 24.0. The number of carbonyl (C=O) groups excluding carboxylic acids is 1. The normalized spacial score (nSPS) is 13.5. The molecule has 0 aliphatic rings. The SMILES string of the molecule is CC[N+](C)(C)CC(=O)OC.CNCS(=O)(=O)OC.COP(=O)(O)OCO.[2H]C[N+](C)(C)CCOC. The molecule has 14 nitrogen and oxygen atoms in total. The van der Waals surface area contributed by atoms with Crippen LogP contribution in [-0.2, 0) is 42.2 Å². The number of quaternary nitrogens is 2. The number of phosphoric acid groups is 1. The highest BCUT2D eigenvalue weighted by atomic mass is 32.2. The van der Waals surface area contributed by atoms with Crippen molar-refractivity contribution in [2.75, 3.05) is 110 Å². The van der Waals surface area contributed by atoms with Gasteiger partial charge in [-0.3, -0.25) is 13.2 Å². The molecule has 0 bridgehead atoms. The van der Waals surface area contributed by atoms with E-state index in [0.717, 1.165) is 33.9 Å². The van der Waals surface area contributed by atoms with Crippen molar-refractivity contribution in [3.05, 3.63) is 0 Å². The van der Waals surface area contributed by atoms with Crippen molar-refractivity contribution < 1.29 is 60.8 Å². The van der Waals surface area contributed by atoms with Crippen LogP contribution in [0.15, 0.2) is 0 Å². The summed E-state index contributed by atoms with van der Waals surface area (Å²) in [5.41, 5.74) is 0. The number of esters is 1. The average Bonchev–Trinajstić information content (AvgIpc) is 2.78. The van der Waals surface area contributed by atoms with Gasteiger partial charge in [0.2, 0.25) is 0 Å². The molecule has 1 unspecified atom stereocenters. The van der Waals surface area contributed by atoms with Crippen molar-refractivity contribution in [2.45, 2.75) is 6.92 Å². The molecular formula is C18H48N3O11PS+2. The number of phosphoric ester groups is 1. The van der Waals surface area contributed by atoms with Crippen molar-refractivity contribution in [2.24, 2.45) is 0 Å². The van der Waals surface area contributed by atoms with Crippen LogP contribution in [0.4, 0.5) is 0 Å². The van der Waals surface area contributed by atoms with Gasteiger partial charge in [-0.2, -0.15) is 8.42 Å². The summed E-state index contributed by atoms with van der Waals surface area (Å²) < 4.78 is 60.5. The van der Waals surface area contributed by atoms with E-state index in [1.165, 1.54) is 14.2 Å². The largest absolute Gasteiger partial charge is 0.474 e. The second-order valence-electron chi connectivity index (χ2n) is 7.77. The van der Waals surface area contributed by atoms with E-state index in [2.05, 4.69) is 23.3 Å². The Labute approximate surface area is 207 Å². The molecule has 0 amide bonds. The van der Waals surface area contributed by atoms with Crippen LogP contribution in [0.1, 0.15) is 8.29 Å². The highest BCUT2D eigenvalue weighted by molar-refractivity contribution is 7.86. The fourth-order valence-electron chi connectivity index (χ4n) is 1.23. The second-order valence-corrected chi connectivity index (χ2v) is 11.1. The van der Waals surface area contributed by atoms with E-state index in [9.17, 15) is 17.8 Å². The molecule has 0 aromatic rings. The lowest BCUT2D eigenvalue weighted by molar-refractivity contribution is -0.881. The summed E-state index contributed by atoms with van der Waals surface area (Å²) in [6.07, 6.45) is 0. The number of nitrogens with one attached hydrogen (secondary N) is 1. The first-order valence-corrected chi connectivity index (χ1v) is 13.0. The zero-order valence-corrected chi connectivity index (χ0v) is 24.0. The molecule has 3 N–H and O–H groups in total. The standard InChI is InChI=1S/C7H16NO2.C6H16NO.C3H9NO3S.C2H7O5P/c1-5-8(2,3)6-7(9)10-4;1-7(2,3)5-6-8-4;1-4-3-8(5,6)7-2;1-6-8(4,5)7-2-3/h5-6H2,1-4H3;5-6H2,1-4H3;4H,3H2,1-2H3;3H,2H2,1H3,(H,4,5)/q2*+1;;/i;1D;;. The van der Waals surface area contributed by atoms with Gasteiger partial charge < -0.3 is 33.8 Å². The Morgan fingerprint density at radius 2 is 1.68 bits per heavy atom. The Morgan fingerprint density at radius 1 is 1.15 bits per heavy atom. The molecule has 34 heavy (non-hydrogen) atoms. The first-order chi connectivity index (χ1) is 15.9. The van der Waals surface area contributed by atoms with E-state index in [1.54, 1.807) is 7.11 Å². The third-order valence-corrected chi connectivity index (χ3v) is 5.62. The van der Waals surface area contributed by atoms with E-state index in [0.29, 0.717) is 22.5 Å². The van der Waals surface area contributed by atoms with Crippen LogP contribution in [0.2, 0.25) is 0 Å². The fraction of sp³-hybridized carbons (Fsp3) is 0.944. The smallest absolute Gasteiger partial charge is 0.465 e. The van der Waals surface area contributed by atoms with Crippen molar-refractivity contribution in [3.8, 4) is 0 Å². The van der Waals surface area contributed by atoms with Gasteiger partial charge in [-0.05, 0) is 14.0 Å². The van der Waals surface area contributed by atoms with Crippen molar-refractivity contribution in [3.63, 3.8) is 0 Å². The van der Waals surface area contributed by atoms with Gasteiger partial charge in [0, 0.05) is 14.2 Å². The molecular weight excluding hydrogens is 497 g/mol. The fourth-order valence-corrected chi connectivity index (χ4v) is 1.95. The molecule has 0 radical (unpaired) electrons. The minimum Gasteiger partial charge on any atom is -0.465 e. The maximum atomic E-state index is 10.7. The first-order valence-electron chi connectivity index (χ1n) is 10.6. The zero-order valence-electron chi connectivity index (χ0n) is 23.3. The summed E-state index contributed by atoms with van der Waals surface area (Å²) in [4.78, 5) is 19.0. The van der Waals surface area contributed by atoms with E-state index >= 15 is 0 Å². The predicted octanol–water partition coefficient (Wildman–Crippen LogP) is -0.566. The van der Waals surface area contributed by atoms with Crippen LogP contribution < -0.4 is 5.32 Å². The Hall–Kier alpha value is -0.710. The van der Waals surface area contributed by atoms with Crippen LogP contribution in [-0.4, -0.2) is 143 Å². The minimum atomic E-state index is -3.92. The molecule has 0 heterocycles. The number of carbonyl (C=O) groups is 1. The van der Waals surface area contributed by atoms with Gasteiger partial charge in [-0.25, -0.2) is 9.36 Å². The van der Waals surface area contributed by atoms with Gasteiger partial charge in [0.05, 0.1) is 64.0 Å². The third-order valence-electron chi connectivity index (χ3n) is 3.57. The van der Waals surface area contributed by atoms with Gasteiger partial charge in [0.15, 0.2) is 13.3 Å². The topological polar surface area (TPSA) is 167 Å². The number of likely N-dealkylation sites (N-methyl/N-ethyl adjacent to an activating group) is 2. The van der Waals surface area contributed by atoms with Gasteiger partial charge >= 0.3 is 13.8 Å². The number of rotatable bonds is 12. The number of aliphatic hydroxyl groups is 1. The van der Waals surface area contributed by atoms with Crippen molar-refractivity contribution in [1.82, 2.24) is 5.32 Å². The van der Waals surface area contributed by atoms with E-state index < -0.39 is 24.7 Å². The predicted molar refractivity (Wildman–Crippen MR) is 129 cm³/mol. The first kappa shape index (κ1) is 37.8. The quantitative estimate of drug-likeness (QED) is 0.0939. The number of ether oxygens (including phenoxy) is 2. The molecule has 0 saturated carbocycles. The molecule has 0 aromatic carbocycles. The third kappa shape index (κ3) is 35.9. The molecule has 0 rings (SSSR count). The van der Waals surface area contributed by atoms with E-state index in [4.69, 9.17) is 16.1 Å². The summed E-state index contributed by atoms with van der Waals surface area (Å²) >= 11 is 0. The molecule has 0 fully saturated rings. The summed E-state index contributed by atoms with van der Waals surface area (Å²) in [6, 6.07) is 0. The highest BCUT2D eigenvalue weighted by Crippen LogP contribution is 2.41. The van der Waals surface area contributed by atoms with E-state index in [-0.39, 0.29) is 11.8 Å². The summed E-state index contributed by atoms with van der Waals surface area (Å²) in [5, 5.41) is 10.3. The van der Waals surface area contributed by atoms with Crippen LogP contribution >= 0.6 is 7.82 Å². The molecule has 0 aromatic heterocycles. The number of nitrogens with zero attached hydrogens (tertiary/aromatic N) is 2. The lowest BCUT2D eigenvalue weighted by atomic mass is 10.4. The monoisotopic (exact) mass is 546 g/mol. The van der Waals surface area contributed by atoms with Crippen LogP contribution in [0.5, 0.6) is 0 Å². The minimum absolute atomic E-state index is 0.135. The second kappa shape index (κ2) is 21.6. The number of methoxy groups -OCH3 is 2. The Balaban J connectivity index is -0.000000184. The molecule has 16 heteroatoms. The number of aliphatic hydroxyl groups excluding tert-OH is 1. The maximum absolute atomic E-state index is 10.7. The maximum Gasteiger partial charge on any atom is 0.474 e. The van der Waals surface area contributed by atoms with Gasteiger partial charge in [-0.1, -0.05) is 0 Å². The molecule has 210 valence electrons. The lowest BCUT2D eigenvalue weighted by Crippen LogP contribution is -2.43. The zero-order chi connectivity index (χ0) is 28.8. The molecule has 0 aliphatic carbocycles. The lowest BCUT2D eigenvalue weighted by Gasteiger charge is -2.26. The van der Waals surface area contributed by atoms with Gasteiger partial charge in [0.25, 0.3) is 10.1 Å². The summed E-state index contributed by atoms with van der Waals surface area (Å²) in [6.45, 7) is 4.28. The number of hydrogen-bond acceptors (Lipinski definition) is 11. The van der Waals surface area contributed by atoms with Gasteiger partial charge in [0.1, 0.15) is 12.4 Å². The number of hydrogen-bond donors (Lipinski definition) is 3. The van der Waals surface area contributed by atoms with Crippen LogP contribution in [0, 0.1) is 0 Å². The van der Waals surface area contributed by atoms with Crippen LogP contribution in [0.25, 0.3) is 0 Å². The van der Waals surface area contributed by atoms with Crippen molar-refractivity contribution in [1.29, 1.82) is 0 Å². The molecule has 0 saturated heterocycles. The molecule has 0 spiro atoms. The molecule has 1 atom stereocenters. The van der Waals surface area contributed by atoms with Crippen molar-refractivity contribution >= 4 is 23.9 Å². The highest BCUT2D eigenvalue weighted by Gasteiger charge is 2.17. The Bertz CT molecular complexity index is 668. The Morgan fingerprint density at radius 3 is 1.91 bits per heavy atom. The summed E-state index contributed by atoms with van der Waals surface area (Å²) in [7, 11) is 8.03. The summed E-state index contributed by atoms with van der Waals surface area (Å²) in [5.74, 6) is -0.282. The van der Waals surface area contributed by atoms with Crippen LogP contribution in [0.3, 0.4) is 0 Å².